The molecule has 0 atom stereocenters. The molecular weight excluding hydrogens is 272 g/mol. The Bertz CT molecular complexity index is 482. The fraction of sp³-hybridized carbons (Fsp3) is 0.333. The lowest BCUT2D eigenvalue weighted by atomic mass is 10.0. The Morgan fingerprint density at radius 1 is 1.40 bits per heavy atom. The number of rotatable bonds is 2. The van der Waals surface area contributed by atoms with Gasteiger partial charge in [0.15, 0.2) is 0 Å². The van der Waals surface area contributed by atoms with Crippen LogP contribution in [0.1, 0.15) is 18.7 Å². The van der Waals surface area contributed by atoms with Crippen LogP contribution in [0.25, 0.3) is 10.1 Å². The second-order valence-corrected chi connectivity index (χ2v) is 6.38. The van der Waals surface area contributed by atoms with E-state index < -0.39 is 5.60 Å². The maximum atomic E-state index is 9.76. The number of halogens is 1. The molecule has 1 N–H and O–H groups in total. The lowest BCUT2D eigenvalue weighted by Crippen LogP contribution is -2.20. The van der Waals surface area contributed by atoms with Crippen LogP contribution in [0.5, 0.6) is 0 Å². The number of benzene rings is 1. The molecule has 0 fully saturated rings. The second-order valence-electron chi connectivity index (χ2n) is 4.35. The minimum Gasteiger partial charge on any atom is -0.390 e. The van der Waals surface area contributed by atoms with E-state index in [1.54, 1.807) is 11.3 Å². The van der Waals surface area contributed by atoms with Crippen molar-refractivity contribution in [3.05, 3.63) is 33.6 Å². The van der Waals surface area contributed by atoms with Gasteiger partial charge in [0.25, 0.3) is 0 Å². The summed E-state index contributed by atoms with van der Waals surface area (Å²) in [5, 5.41) is 11.0. The maximum Gasteiger partial charge on any atom is 0.0639 e. The predicted molar refractivity (Wildman–Crippen MR) is 69.5 cm³/mol. The second kappa shape index (κ2) is 3.89. The molecule has 0 saturated heterocycles. The smallest absolute Gasteiger partial charge is 0.0639 e. The van der Waals surface area contributed by atoms with Crippen molar-refractivity contribution in [2.24, 2.45) is 0 Å². The van der Waals surface area contributed by atoms with Crippen molar-refractivity contribution in [2.75, 3.05) is 0 Å². The fourth-order valence-electron chi connectivity index (χ4n) is 1.59. The zero-order valence-electron chi connectivity index (χ0n) is 8.75. The molecule has 0 aliphatic carbocycles. The van der Waals surface area contributed by atoms with E-state index in [1.807, 2.05) is 26.0 Å². The molecule has 0 aliphatic rings. The first-order valence-corrected chi connectivity index (χ1v) is 6.46. The van der Waals surface area contributed by atoms with Crippen molar-refractivity contribution < 1.29 is 5.11 Å². The molecular formula is C12H13BrOS. The quantitative estimate of drug-likeness (QED) is 0.885. The Balaban J connectivity index is 2.44. The van der Waals surface area contributed by atoms with E-state index in [1.165, 1.54) is 15.0 Å². The van der Waals surface area contributed by atoms with Gasteiger partial charge in [-0.3, -0.25) is 0 Å². The third kappa shape index (κ3) is 2.60. The number of aliphatic hydroxyl groups is 1. The van der Waals surface area contributed by atoms with Crippen LogP contribution in [-0.4, -0.2) is 10.7 Å². The van der Waals surface area contributed by atoms with Gasteiger partial charge in [-0.1, -0.05) is 22.0 Å². The SMILES string of the molecule is CC(C)(O)Cc1cc2c(Br)cccc2s1. The zero-order chi connectivity index (χ0) is 11.1. The van der Waals surface area contributed by atoms with Crippen molar-refractivity contribution in [3.8, 4) is 0 Å². The number of hydrogen-bond acceptors (Lipinski definition) is 2. The van der Waals surface area contributed by atoms with Gasteiger partial charge in [0, 0.05) is 25.9 Å². The van der Waals surface area contributed by atoms with Gasteiger partial charge in [-0.15, -0.1) is 11.3 Å². The first-order valence-electron chi connectivity index (χ1n) is 4.85. The highest BCUT2D eigenvalue weighted by Gasteiger charge is 2.15. The lowest BCUT2D eigenvalue weighted by Gasteiger charge is -2.14. The predicted octanol–water partition coefficient (Wildman–Crippen LogP) is 3.98. The summed E-state index contributed by atoms with van der Waals surface area (Å²) < 4.78 is 2.39. The van der Waals surface area contributed by atoms with E-state index in [2.05, 4.69) is 28.1 Å². The third-order valence-electron chi connectivity index (χ3n) is 2.17. The molecule has 15 heavy (non-hydrogen) atoms. The molecule has 80 valence electrons. The minimum atomic E-state index is -0.632. The number of hydrogen-bond donors (Lipinski definition) is 1. The van der Waals surface area contributed by atoms with Crippen molar-refractivity contribution in [3.63, 3.8) is 0 Å². The average Bonchev–Trinajstić information content (AvgIpc) is 2.45. The van der Waals surface area contributed by atoms with E-state index in [9.17, 15) is 5.11 Å². The van der Waals surface area contributed by atoms with Crippen LogP contribution in [0.2, 0.25) is 0 Å². The average molecular weight is 285 g/mol. The molecule has 1 heterocycles. The summed E-state index contributed by atoms with van der Waals surface area (Å²) in [6, 6.07) is 8.35. The summed E-state index contributed by atoms with van der Waals surface area (Å²) in [5.41, 5.74) is -0.632. The summed E-state index contributed by atoms with van der Waals surface area (Å²) in [4.78, 5) is 1.23. The zero-order valence-corrected chi connectivity index (χ0v) is 11.2. The highest BCUT2D eigenvalue weighted by molar-refractivity contribution is 9.10. The van der Waals surface area contributed by atoms with Gasteiger partial charge in [-0.25, -0.2) is 0 Å². The summed E-state index contributed by atoms with van der Waals surface area (Å²) in [5.74, 6) is 0. The molecule has 3 heteroatoms. The summed E-state index contributed by atoms with van der Waals surface area (Å²) in [6.07, 6.45) is 0.707. The van der Waals surface area contributed by atoms with Crippen molar-refractivity contribution in [1.29, 1.82) is 0 Å². The molecule has 1 nitrogen and oxygen atoms in total. The highest BCUT2D eigenvalue weighted by Crippen LogP contribution is 2.32. The standard InChI is InChI=1S/C12H13BrOS/c1-12(2,14)7-8-6-9-10(13)4-3-5-11(9)15-8/h3-6,14H,7H2,1-2H3. The topological polar surface area (TPSA) is 20.2 Å². The van der Waals surface area contributed by atoms with E-state index in [0.717, 1.165) is 4.47 Å². The fourth-order valence-corrected chi connectivity index (χ4v) is 3.51. The van der Waals surface area contributed by atoms with Crippen LogP contribution in [0.4, 0.5) is 0 Å². The molecule has 2 rings (SSSR count). The normalized spacial score (nSPS) is 12.3. The first kappa shape index (κ1) is 11.1. The molecule has 0 radical (unpaired) electrons. The number of fused-ring (bicyclic) bond motifs is 1. The van der Waals surface area contributed by atoms with Crippen molar-refractivity contribution in [2.45, 2.75) is 25.9 Å². The van der Waals surface area contributed by atoms with Gasteiger partial charge in [-0.05, 0) is 32.0 Å². The van der Waals surface area contributed by atoms with Crippen molar-refractivity contribution in [1.82, 2.24) is 0 Å². The Morgan fingerprint density at radius 2 is 2.13 bits per heavy atom. The van der Waals surface area contributed by atoms with Crippen LogP contribution < -0.4 is 0 Å². The van der Waals surface area contributed by atoms with Gasteiger partial charge in [-0.2, -0.15) is 0 Å². The largest absolute Gasteiger partial charge is 0.390 e. The minimum absolute atomic E-state index is 0.632. The van der Waals surface area contributed by atoms with Gasteiger partial charge < -0.3 is 5.11 Å². The summed E-state index contributed by atoms with van der Waals surface area (Å²) in [7, 11) is 0. The molecule has 0 bridgehead atoms. The molecule has 2 aromatic rings. The maximum absolute atomic E-state index is 9.76. The molecule has 0 spiro atoms. The summed E-state index contributed by atoms with van der Waals surface area (Å²) >= 11 is 5.28. The molecule has 1 aromatic carbocycles. The van der Waals surface area contributed by atoms with Crippen LogP contribution in [0.3, 0.4) is 0 Å². The number of thiophene rings is 1. The molecule has 0 amide bonds. The highest BCUT2D eigenvalue weighted by atomic mass is 79.9. The lowest BCUT2D eigenvalue weighted by molar-refractivity contribution is 0.0819. The molecule has 0 unspecified atom stereocenters. The monoisotopic (exact) mass is 284 g/mol. The van der Waals surface area contributed by atoms with Gasteiger partial charge in [0.05, 0.1) is 5.60 Å². The molecule has 0 saturated carbocycles. The molecule has 1 aromatic heterocycles. The van der Waals surface area contributed by atoms with E-state index in [0.29, 0.717) is 6.42 Å². The van der Waals surface area contributed by atoms with Crippen LogP contribution in [0, 0.1) is 0 Å². The Kier molecular flexibility index (Phi) is 2.88. The Labute approximate surface area is 102 Å². The Morgan fingerprint density at radius 3 is 2.73 bits per heavy atom. The van der Waals surface area contributed by atoms with E-state index in [-0.39, 0.29) is 0 Å². The van der Waals surface area contributed by atoms with Gasteiger partial charge in [0.2, 0.25) is 0 Å². The van der Waals surface area contributed by atoms with Crippen LogP contribution >= 0.6 is 27.3 Å². The summed E-state index contributed by atoms with van der Waals surface area (Å²) in [6.45, 7) is 3.68. The first-order chi connectivity index (χ1) is 6.96. The van der Waals surface area contributed by atoms with E-state index in [4.69, 9.17) is 0 Å². The van der Waals surface area contributed by atoms with Crippen LogP contribution in [-0.2, 0) is 6.42 Å². The van der Waals surface area contributed by atoms with Crippen molar-refractivity contribution >= 4 is 37.4 Å². The third-order valence-corrected chi connectivity index (χ3v) is 3.96. The van der Waals surface area contributed by atoms with E-state index >= 15 is 0 Å². The van der Waals surface area contributed by atoms with Gasteiger partial charge in [0.1, 0.15) is 0 Å². The van der Waals surface area contributed by atoms with Crippen LogP contribution in [0.15, 0.2) is 28.7 Å². The van der Waals surface area contributed by atoms with Gasteiger partial charge >= 0.3 is 0 Å². The Hall–Kier alpha value is -0.380. The molecule has 0 aliphatic heterocycles.